The van der Waals surface area contributed by atoms with Gasteiger partial charge in [0.05, 0.1) is 21.4 Å². The Morgan fingerprint density at radius 1 is 1.03 bits per heavy atom. The molecular formula is C22H16Cl3N3O. The van der Waals surface area contributed by atoms with Crippen molar-refractivity contribution in [2.24, 2.45) is 0 Å². The molecule has 0 bridgehead atoms. The molecule has 2 aromatic carbocycles. The van der Waals surface area contributed by atoms with Crippen molar-refractivity contribution in [3.63, 3.8) is 0 Å². The van der Waals surface area contributed by atoms with Crippen molar-refractivity contribution in [1.29, 1.82) is 0 Å². The second kappa shape index (κ2) is 6.91. The molecule has 7 heteroatoms. The number of H-pyrrole nitrogens is 1. The van der Waals surface area contributed by atoms with Crippen molar-refractivity contribution in [3.8, 4) is 22.4 Å². The predicted octanol–water partition coefficient (Wildman–Crippen LogP) is 6.50. The normalized spacial score (nSPS) is 13.9. The van der Waals surface area contributed by atoms with Crippen LogP contribution >= 0.6 is 34.8 Å². The summed E-state index contributed by atoms with van der Waals surface area (Å²) in [5.41, 5.74) is 5.84. The summed E-state index contributed by atoms with van der Waals surface area (Å²) in [4.78, 5) is 15.6. The first-order valence-electron chi connectivity index (χ1n) is 9.30. The molecule has 1 saturated carbocycles. The zero-order chi connectivity index (χ0) is 20.3. The molecule has 0 amide bonds. The highest BCUT2D eigenvalue weighted by atomic mass is 35.5. The van der Waals surface area contributed by atoms with E-state index in [2.05, 4.69) is 4.98 Å². The monoisotopic (exact) mass is 443 g/mol. The maximum atomic E-state index is 12.6. The predicted molar refractivity (Wildman–Crippen MR) is 118 cm³/mol. The van der Waals surface area contributed by atoms with E-state index in [1.54, 1.807) is 12.1 Å². The van der Waals surface area contributed by atoms with Crippen molar-refractivity contribution in [2.45, 2.75) is 25.7 Å². The number of aryl methyl sites for hydroxylation is 1. The molecule has 0 unspecified atom stereocenters. The Hall–Kier alpha value is -2.27. The Morgan fingerprint density at radius 2 is 1.83 bits per heavy atom. The number of aromatic nitrogens is 3. The van der Waals surface area contributed by atoms with Gasteiger partial charge in [0.1, 0.15) is 5.65 Å². The van der Waals surface area contributed by atoms with Crippen molar-refractivity contribution in [1.82, 2.24) is 14.6 Å². The van der Waals surface area contributed by atoms with E-state index in [9.17, 15) is 4.79 Å². The number of hydrogen-bond donors (Lipinski definition) is 1. The molecule has 4 aromatic rings. The molecule has 0 aliphatic heterocycles. The maximum absolute atomic E-state index is 12.6. The van der Waals surface area contributed by atoms with Gasteiger partial charge in [-0.2, -0.15) is 5.10 Å². The highest BCUT2D eigenvalue weighted by Gasteiger charge is 2.32. The maximum Gasteiger partial charge on any atom is 0.251 e. The SMILES string of the molecule is Cc1cc(Cl)ccc1-c1cc(=O)[nH]c2c(-c3ccc(Cl)c(Cl)c3)c(C3CC3)nn12. The highest BCUT2D eigenvalue weighted by Crippen LogP contribution is 2.46. The number of hydrogen-bond acceptors (Lipinski definition) is 2. The Morgan fingerprint density at radius 3 is 2.52 bits per heavy atom. The highest BCUT2D eigenvalue weighted by molar-refractivity contribution is 6.42. The minimum Gasteiger partial charge on any atom is -0.306 e. The molecule has 146 valence electrons. The van der Waals surface area contributed by atoms with Gasteiger partial charge >= 0.3 is 0 Å². The lowest BCUT2D eigenvalue weighted by Gasteiger charge is -2.09. The second-order valence-electron chi connectivity index (χ2n) is 7.40. The van der Waals surface area contributed by atoms with Crippen LogP contribution in [0.5, 0.6) is 0 Å². The van der Waals surface area contributed by atoms with E-state index in [1.165, 1.54) is 0 Å². The van der Waals surface area contributed by atoms with E-state index in [0.717, 1.165) is 46.5 Å². The van der Waals surface area contributed by atoms with Crippen molar-refractivity contribution in [3.05, 3.63) is 79.1 Å². The first kappa shape index (κ1) is 18.7. The quantitative estimate of drug-likeness (QED) is 0.392. The first-order chi connectivity index (χ1) is 13.9. The molecule has 2 heterocycles. The molecule has 2 aromatic heterocycles. The van der Waals surface area contributed by atoms with Crippen molar-refractivity contribution >= 4 is 40.4 Å². The van der Waals surface area contributed by atoms with Crippen LogP contribution in [-0.2, 0) is 0 Å². The van der Waals surface area contributed by atoms with Gasteiger partial charge < -0.3 is 4.98 Å². The fourth-order valence-electron chi connectivity index (χ4n) is 3.75. The van der Waals surface area contributed by atoms with Crippen LogP contribution in [0.4, 0.5) is 0 Å². The van der Waals surface area contributed by atoms with E-state index >= 15 is 0 Å². The van der Waals surface area contributed by atoms with Crippen LogP contribution in [0.15, 0.2) is 47.3 Å². The van der Waals surface area contributed by atoms with Crippen molar-refractivity contribution in [2.75, 3.05) is 0 Å². The number of benzene rings is 2. The molecule has 0 saturated heterocycles. The molecule has 1 aliphatic rings. The molecule has 29 heavy (non-hydrogen) atoms. The Bertz CT molecular complexity index is 1340. The fraction of sp³-hybridized carbons (Fsp3) is 0.182. The largest absolute Gasteiger partial charge is 0.306 e. The van der Waals surface area contributed by atoms with E-state index in [0.29, 0.717) is 26.6 Å². The van der Waals surface area contributed by atoms with Gasteiger partial charge in [0.15, 0.2) is 0 Å². The van der Waals surface area contributed by atoms with Crippen LogP contribution in [0.25, 0.3) is 28.0 Å². The van der Waals surface area contributed by atoms with Gasteiger partial charge in [-0.1, -0.05) is 46.9 Å². The molecule has 1 fully saturated rings. The molecule has 4 nitrogen and oxygen atoms in total. The summed E-state index contributed by atoms with van der Waals surface area (Å²) in [6, 6.07) is 12.7. The molecule has 5 rings (SSSR count). The minimum absolute atomic E-state index is 0.189. The van der Waals surface area contributed by atoms with Crippen LogP contribution in [0, 0.1) is 6.92 Å². The molecular weight excluding hydrogens is 429 g/mol. The van der Waals surface area contributed by atoms with E-state index in [4.69, 9.17) is 39.9 Å². The number of nitrogens with zero attached hydrogens (tertiary/aromatic N) is 2. The van der Waals surface area contributed by atoms with E-state index < -0.39 is 0 Å². The summed E-state index contributed by atoms with van der Waals surface area (Å²) in [5.74, 6) is 0.377. The summed E-state index contributed by atoms with van der Waals surface area (Å²) >= 11 is 18.5. The van der Waals surface area contributed by atoms with Crippen LogP contribution in [0.1, 0.15) is 30.0 Å². The standard InChI is InChI=1S/C22H16Cl3N3O/c1-11-8-14(23)5-6-15(11)18-10-19(29)26-22-20(13-4-7-16(24)17(25)9-13)21(12-2-3-12)27-28(18)22/h4-10,12H,2-3H2,1H3,(H,26,29). The number of halogens is 3. The molecule has 1 N–H and O–H groups in total. The number of rotatable bonds is 3. The minimum atomic E-state index is -0.189. The Labute approximate surface area is 182 Å². The summed E-state index contributed by atoms with van der Waals surface area (Å²) < 4.78 is 1.82. The number of fused-ring (bicyclic) bond motifs is 1. The Kier molecular flexibility index (Phi) is 4.46. The molecule has 0 radical (unpaired) electrons. The molecule has 0 spiro atoms. The van der Waals surface area contributed by atoms with Gasteiger partial charge in [-0.25, -0.2) is 4.52 Å². The van der Waals surface area contributed by atoms with Gasteiger partial charge in [0, 0.05) is 28.1 Å². The van der Waals surface area contributed by atoms with Gasteiger partial charge in [0.2, 0.25) is 0 Å². The third-order valence-electron chi connectivity index (χ3n) is 5.29. The van der Waals surface area contributed by atoms with Crippen LogP contribution in [0.3, 0.4) is 0 Å². The van der Waals surface area contributed by atoms with Crippen molar-refractivity contribution < 1.29 is 0 Å². The molecule has 0 atom stereocenters. The van der Waals surface area contributed by atoms with E-state index in [1.807, 2.05) is 41.8 Å². The average molecular weight is 445 g/mol. The van der Waals surface area contributed by atoms with E-state index in [-0.39, 0.29) is 5.56 Å². The summed E-state index contributed by atoms with van der Waals surface area (Å²) in [7, 11) is 0. The number of aromatic amines is 1. The summed E-state index contributed by atoms with van der Waals surface area (Å²) in [6.07, 6.45) is 2.16. The number of nitrogens with one attached hydrogen (secondary N) is 1. The van der Waals surface area contributed by atoms with Gasteiger partial charge in [-0.15, -0.1) is 0 Å². The fourth-order valence-corrected chi connectivity index (χ4v) is 4.27. The summed E-state index contributed by atoms with van der Waals surface area (Å²) in [6.45, 7) is 1.97. The van der Waals surface area contributed by atoms with Gasteiger partial charge in [-0.05, 0) is 55.2 Å². The first-order valence-corrected chi connectivity index (χ1v) is 10.4. The van der Waals surface area contributed by atoms with Crippen LogP contribution < -0.4 is 5.56 Å². The third-order valence-corrected chi connectivity index (χ3v) is 6.26. The summed E-state index contributed by atoms with van der Waals surface area (Å²) in [5, 5.41) is 6.54. The average Bonchev–Trinajstić information content (AvgIpc) is 3.44. The zero-order valence-corrected chi connectivity index (χ0v) is 17.7. The smallest absolute Gasteiger partial charge is 0.251 e. The lowest BCUT2D eigenvalue weighted by molar-refractivity contribution is 0.883. The lowest BCUT2D eigenvalue weighted by atomic mass is 10.0. The second-order valence-corrected chi connectivity index (χ2v) is 8.65. The van der Waals surface area contributed by atoms with Gasteiger partial charge in [0.25, 0.3) is 5.56 Å². The third kappa shape index (κ3) is 3.25. The molecule has 1 aliphatic carbocycles. The van der Waals surface area contributed by atoms with Crippen LogP contribution in [0.2, 0.25) is 15.1 Å². The van der Waals surface area contributed by atoms with Gasteiger partial charge in [-0.3, -0.25) is 4.79 Å². The lowest BCUT2D eigenvalue weighted by Crippen LogP contribution is -2.10. The van der Waals surface area contributed by atoms with Crippen LogP contribution in [-0.4, -0.2) is 14.6 Å². The topological polar surface area (TPSA) is 50.2 Å². The Balaban J connectivity index is 1.84. The zero-order valence-electron chi connectivity index (χ0n) is 15.5.